The molecule has 1 aliphatic heterocycles. The van der Waals surface area contributed by atoms with Crippen LogP contribution < -0.4 is 10.6 Å². The van der Waals surface area contributed by atoms with Crippen LogP contribution in [0.1, 0.15) is 5.56 Å². The lowest BCUT2D eigenvalue weighted by molar-refractivity contribution is -0.124. The topological polar surface area (TPSA) is 61.4 Å². The number of urea groups is 1. The Labute approximate surface area is 120 Å². The smallest absolute Gasteiger partial charge is 0.317 e. The van der Waals surface area contributed by atoms with E-state index < -0.39 is 6.04 Å². The van der Waals surface area contributed by atoms with Crippen LogP contribution in [0.5, 0.6) is 0 Å². The fourth-order valence-electron chi connectivity index (χ4n) is 1.84. The Bertz CT molecular complexity index is 522. The third kappa shape index (κ3) is 2.93. The number of benzene rings is 1. The van der Waals surface area contributed by atoms with Gasteiger partial charge in [0, 0.05) is 20.1 Å². The van der Waals surface area contributed by atoms with Gasteiger partial charge in [-0.3, -0.25) is 4.79 Å². The number of hydrogen-bond acceptors (Lipinski definition) is 2. The quantitative estimate of drug-likeness (QED) is 0.891. The Balaban J connectivity index is 1.97. The molecule has 0 spiro atoms. The van der Waals surface area contributed by atoms with E-state index in [1.165, 1.54) is 4.90 Å². The molecule has 7 heteroatoms. The van der Waals surface area contributed by atoms with E-state index in [1.54, 1.807) is 25.2 Å². The monoisotopic (exact) mass is 301 g/mol. The summed E-state index contributed by atoms with van der Waals surface area (Å²) in [6.45, 7) is 0.585. The van der Waals surface area contributed by atoms with Crippen LogP contribution in [-0.2, 0) is 11.3 Å². The first-order chi connectivity index (χ1) is 9.00. The second-order valence-corrected chi connectivity index (χ2v) is 5.03. The van der Waals surface area contributed by atoms with Crippen molar-refractivity contribution in [3.63, 3.8) is 0 Å². The largest absolute Gasteiger partial charge is 0.350 e. The summed E-state index contributed by atoms with van der Waals surface area (Å²) in [7, 11) is 1.58. The van der Waals surface area contributed by atoms with Crippen molar-refractivity contribution in [1.29, 1.82) is 0 Å². The van der Waals surface area contributed by atoms with E-state index in [2.05, 4.69) is 10.6 Å². The maximum Gasteiger partial charge on any atom is 0.317 e. The van der Waals surface area contributed by atoms with Gasteiger partial charge in [-0.05, 0) is 11.6 Å². The lowest BCUT2D eigenvalue weighted by Crippen LogP contribution is -2.43. The van der Waals surface area contributed by atoms with Gasteiger partial charge in [-0.1, -0.05) is 35.3 Å². The zero-order chi connectivity index (χ0) is 14.0. The normalized spacial score (nSPS) is 18.4. The van der Waals surface area contributed by atoms with Crippen molar-refractivity contribution in [3.8, 4) is 0 Å². The molecule has 0 radical (unpaired) electrons. The number of nitrogens with one attached hydrogen (secondary N) is 2. The zero-order valence-corrected chi connectivity index (χ0v) is 11.8. The van der Waals surface area contributed by atoms with Crippen LogP contribution in [0.4, 0.5) is 4.79 Å². The summed E-state index contributed by atoms with van der Waals surface area (Å²) in [6, 6.07) is 4.49. The van der Waals surface area contributed by atoms with Gasteiger partial charge in [0.1, 0.15) is 6.04 Å². The van der Waals surface area contributed by atoms with Crippen molar-refractivity contribution in [2.24, 2.45) is 0 Å². The molecule has 1 atom stereocenters. The van der Waals surface area contributed by atoms with Crippen LogP contribution in [0.2, 0.25) is 10.0 Å². The molecule has 2 rings (SSSR count). The molecule has 102 valence electrons. The van der Waals surface area contributed by atoms with E-state index >= 15 is 0 Å². The molecule has 1 aliphatic rings. The number of amides is 3. The number of carbonyl (C=O) groups is 2. The van der Waals surface area contributed by atoms with Gasteiger partial charge < -0.3 is 15.5 Å². The molecule has 0 aromatic heterocycles. The highest BCUT2D eigenvalue weighted by Gasteiger charge is 2.32. The predicted octanol–water partition coefficient (Wildman–Crippen LogP) is 1.63. The molecular weight excluding hydrogens is 289 g/mol. The maximum atomic E-state index is 11.9. The second-order valence-electron chi connectivity index (χ2n) is 4.24. The van der Waals surface area contributed by atoms with Crippen molar-refractivity contribution in [2.45, 2.75) is 12.6 Å². The summed E-state index contributed by atoms with van der Waals surface area (Å²) in [6.07, 6.45) is 0. The predicted molar refractivity (Wildman–Crippen MR) is 73.3 cm³/mol. The number of nitrogens with zero attached hydrogens (tertiary/aromatic N) is 1. The minimum atomic E-state index is -0.495. The Morgan fingerprint density at radius 3 is 2.89 bits per heavy atom. The van der Waals surface area contributed by atoms with Crippen molar-refractivity contribution in [1.82, 2.24) is 15.5 Å². The van der Waals surface area contributed by atoms with Gasteiger partial charge in [0.25, 0.3) is 0 Å². The SMILES string of the molecule is CN1C(=O)NCC1C(=O)NCc1cccc(Cl)c1Cl. The third-order valence-corrected chi connectivity index (χ3v) is 3.88. The van der Waals surface area contributed by atoms with E-state index in [0.717, 1.165) is 5.56 Å². The van der Waals surface area contributed by atoms with Crippen LogP contribution in [0.3, 0.4) is 0 Å². The van der Waals surface area contributed by atoms with Gasteiger partial charge in [0.15, 0.2) is 0 Å². The number of halogens is 2. The molecule has 0 aliphatic carbocycles. The third-order valence-electron chi connectivity index (χ3n) is 3.02. The van der Waals surface area contributed by atoms with Gasteiger partial charge in [0.2, 0.25) is 5.91 Å². The van der Waals surface area contributed by atoms with Crippen molar-refractivity contribution < 1.29 is 9.59 Å². The molecule has 2 N–H and O–H groups in total. The molecular formula is C12H13Cl2N3O2. The van der Waals surface area contributed by atoms with Gasteiger partial charge >= 0.3 is 6.03 Å². The van der Waals surface area contributed by atoms with Crippen LogP contribution in [0.25, 0.3) is 0 Å². The lowest BCUT2D eigenvalue weighted by atomic mass is 10.2. The Hall–Kier alpha value is -1.46. The van der Waals surface area contributed by atoms with Gasteiger partial charge in [-0.15, -0.1) is 0 Å². The van der Waals surface area contributed by atoms with Crippen molar-refractivity contribution in [3.05, 3.63) is 33.8 Å². The fourth-order valence-corrected chi connectivity index (χ4v) is 2.23. The average molecular weight is 302 g/mol. The minimum Gasteiger partial charge on any atom is -0.350 e. The number of hydrogen-bond donors (Lipinski definition) is 2. The Kier molecular flexibility index (Phi) is 4.17. The number of rotatable bonds is 3. The van der Waals surface area contributed by atoms with Crippen LogP contribution >= 0.6 is 23.2 Å². The zero-order valence-electron chi connectivity index (χ0n) is 10.2. The minimum absolute atomic E-state index is 0.225. The summed E-state index contributed by atoms with van der Waals surface area (Å²) in [5.41, 5.74) is 0.738. The molecule has 0 saturated carbocycles. The molecule has 1 saturated heterocycles. The average Bonchev–Trinajstić information content (AvgIpc) is 2.72. The first-order valence-electron chi connectivity index (χ1n) is 5.72. The lowest BCUT2D eigenvalue weighted by Gasteiger charge is -2.17. The maximum absolute atomic E-state index is 11.9. The summed E-state index contributed by atoms with van der Waals surface area (Å²) >= 11 is 11.9. The molecule has 1 unspecified atom stereocenters. The molecule has 1 aromatic rings. The summed E-state index contributed by atoms with van der Waals surface area (Å²) < 4.78 is 0. The Morgan fingerprint density at radius 1 is 1.53 bits per heavy atom. The van der Waals surface area contributed by atoms with Crippen LogP contribution in [0, 0.1) is 0 Å². The molecule has 3 amide bonds. The highest BCUT2D eigenvalue weighted by atomic mass is 35.5. The van der Waals surface area contributed by atoms with Gasteiger partial charge in [-0.25, -0.2) is 4.79 Å². The molecule has 1 heterocycles. The first-order valence-corrected chi connectivity index (χ1v) is 6.47. The summed E-state index contributed by atoms with van der Waals surface area (Å²) in [5, 5.41) is 6.22. The highest BCUT2D eigenvalue weighted by molar-refractivity contribution is 6.42. The van der Waals surface area contributed by atoms with Crippen LogP contribution in [-0.4, -0.2) is 36.5 Å². The molecule has 1 aromatic carbocycles. The van der Waals surface area contributed by atoms with E-state index in [9.17, 15) is 9.59 Å². The summed E-state index contributed by atoms with van der Waals surface area (Å²) in [5.74, 6) is -0.225. The Morgan fingerprint density at radius 2 is 2.26 bits per heavy atom. The van der Waals surface area contributed by atoms with E-state index in [4.69, 9.17) is 23.2 Å². The molecule has 1 fully saturated rings. The van der Waals surface area contributed by atoms with Crippen LogP contribution in [0.15, 0.2) is 18.2 Å². The molecule has 19 heavy (non-hydrogen) atoms. The van der Waals surface area contributed by atoms with Crippen molar-refractivity contribution in [2.75, 3.05) is 13.6 Å². The number of likely N-dealkylation sites (N-methyl/N-ethyl adjacent to an activating group) is 1. The second kappa shape index (κ2) is 5.67. The van der Waals surface area contributed by atoms with E-state index in [1.807, 2.05) is 0 Å². The van der Waals surface area contributed by atoms with E-state index in [0.29, 0.717) is 16.6 Å². The molecule has 0 bridgehead atoms. The molecule has 5 nitrogen and oxygen atoms in total. The fraction of sp³-hybridized carbons (Fsp3) is 0.333. The van der Waals surface area contributed by atoms with Crippen molar-refractivity contribution >= 4 is 35.1 Å². The first kappa shape index (κ1) is 14.0. The van der Waals surface area contributed by atoms with Gasteiger partial charge in [-0.2, -0.15) is 0 Å². The van der Waals surface area contributed by atoms with Gasteiger partial charge in [0.05, 0.1) is 10.0 Å². The summed E-state index contributed by atoms with van der Waals surface area (Å²) in [4.78, 5) is 24.6. The standard InChI is InChI=1S/C12H13Cl2N3O2/c1-17-9(6-16-12(17)19)11(18)15-5-7-3-2-4-8(13)10(7)14/h2-4,9H,5-6H2,1H3,(H,15,18)(H,16,19). The van der Waals surface area contributed by atoms with E-state index in [-0.39, 0.29) is 18.5 Å². The highest BCUT2D eigenvalue weighted by Crippen LogP contribution is 2.25. The number of carbonyl (C=O) groups excluding carboxylic acids is 2.